The minimum atomic E-state index is 0.0122. The average molecular weight is 336 g/mol. The maximum Gasteiger partial charge on any atom is 0.255 e. The van der Waals surface area contributed by atoms with Crippen LogP contribution in [0.5, 0.6) is 0 Å². The van der Waals surface area contributed by atoms with Gasteiger partial charge in [0.25, 0.3) is 5.91 Å². The van der Waals surface area contributed by atoms with Gasteiger partial charge in [0.05, 0.1) is 23.5 Å². The van der Waals surface area contributed by atoms with E-state index in [0.717, 1.165) is 37.1 Å². The Hall–Kier alpha value is -2.96. The fourth-order valence-corrected chi connectivity index (χ4v) is 3.39. The van der Waals surface area contributed by atoms with Crippen LogP contribution in [-0.4, -0.2) is 42.3 Å². The van der Waals surface area contributed by atoms with Crippen LogP contribution in [0, 0.1) is 6.92 Å². The highest BCUT2D eigenvalue weighted by molar-refractivity contribution is 5.94. The molecule has 1 fully saturated rings. The van der Waals surface area contributed by atoms with E-state index in [2.05, 4.69) is 20.3 Å². The zero-order chi connectivity index (χ0) is 17.2. The molecule has 1 aliphatic heterocycles. The second kappa shape index (κ2) is 6.51. The Labute approximate surface area is 145 Å². The second-order valence-corrected chi connectivity index (χ2v) is 6.33. The molecule has 128 valence electrons. The van der Waals surface area contributed by atoms with E-state index in [1.54, 1.807) is 17.1 Å². The molecule has 3 aromatic heterocycles. The lowest BCUT2D eigenvalue weighted by Crippen LogP contribution is -2.39. The molecule has 0 aromatic carbocycles. The molecule has 1 saturated heterocycles. The summed E-state index contributed by atoms with van der Waals surface area (Å²) in [5.74, 6) is 0.708. The van der Waals surface area contributed by atoms with Gasteiger partial charge in [-0.15, -0.1) is 0 Å². The number of amides is 1. The summed E-state index contributed by atoms with van der Waals surface area (Å²) in [5, 5.41) is 11.3. The first-order valence-corrected chi connectivity index (χ1v) is 8.51. The molecular formula is C18H20N6O. The van der Waals surface area contributed by atoms with Crippen LogP contribution >= 0.6 is 0 Å². The van der Waals surface area contributed by atoms with Crippen LogP contribution in [0.15, 0.2) is 43.0 Å². The molecule has 7 heteroatoms. The lowest BCUT2D eigenvalue weighted by molar-refractivity contribution is 0.0605. The minimum absolute atomic E-state index is 0.0122. The molecule has 3 aromatic rings. The van der Waals surface area contributed by atoms with Crippen LogP contribution in [0.3, 0.4) is 0 Å². The Morgan fingerprint density at radius 1 is 1.28 bits per heavy atom. The van der Waals surface area contributed by atoms with Gasteiger partial charge in [-0.05, 0) is 49.9 Å². The molecule has 0 spiro atoms. The topological polar surface area (TPSA) is 79.7 Å². The van der Waals surface area contributed by atoms with Crippen molar-refractivity contribution in [1.29, 1.82) is 0 Å². The number of hydrogen-bond acceptors (Lipinski definition) is 4. The molecule has 4 rings (SSSR count). The molecule has 0 bridgehead atoms. The van der Waals surface area contributed by atoms with E-state index < -0.39 is 0 Å². The van der Waals surface area contributed by atoms with E-state index in [0.29, 0.717) is 11.4 Å². The van der Waals surface area contributed by atoms with Gasteiger partial charge in [0.1, 0.15) is 0 Å². The molecule has 0 saturated carbocycles. The van der Waals surface area contributed by atoms with Crippen LogP contribution < -0.4 is 0 Å². The number of nitrogens with zero attached hydrogens (tertiary/aromatic N) is 5. The van der Waals surface area contributed by atoms with Crippen LogP contribution in [0.25, 0.3) is 5.82 Å². The van der Waals surface area contributed by atoms with E-state index in [1.165, 1.54) is 0 Å². The zero-order valence-electron chi connectivity index (χ0n) is 14.1. The highest BCUT2D eigenvalue weighted by Crippen LogP contribution is 2.32. The van der Waals surface area contributed by atoms with Crippen LogP contribution in [0.4, 0.5) is 0 Å². The molecule has 1 aliphatic rings. The third-order valence-corrected chi connectivity index (χ3v) is 4.70. The molecule has 0 radical (unpaired) electrons. The number of H-pyrrole nitrogens is 1. The van der Waals surface area contributed by atoms with Gasteiger partial charge < -0.3 is 4.90 Å². The smallest absolute Gasteiger partial charge is 0.255 e. The number of pyridine rings is 1. The summed E-state index contributed by atoms with van der Waals surface area (Å²) in [7, 11) is 0. The van der Waals surface area contributed by atoms with Gasteiger partial charge in [-0.25, -0.2) is 9.67 Å². The number of aryl methyl sites for hydroxylation is 1. The van der Waals surface area contributed by atoms with Gasteiger partial charge in [0, 0.05) is 25.1 Å². The Morgan fingerprint density at radius 3 is 2.88 bits per heavy atom. The maximum atomic E-state index is 13.0. The summed E-state index contributed by atoms with van der Waals surface area (Å²) in [6.45, 7) is 2.78. The van der Waals surface area contributed by atoms with Crippen molar-refractivity contribution in [1.82, 2.24) is 29.9 Å². The van der Waals surface area contributed by atoms with E-state index in [4.69, 9.17) is 0 Å². The van der Waals surface area contributed by atoms with E-state index in [-0.39, 0.29) is 11.9 Å². The Bertz CT molecular complexity index is 852. The van der Waals surface area contributed by atoms with Crippen LogP contribution in [0.2, 0.25) is 0 Å². The summed E-state index contributed by atoms with van der Waals surface area (Å²) in [6, 6.07) is 5.53. The van der Waals surface area contributed by atoms with Crippen molar-refractivity contribution >= 4 is 5.91 Å². The Kier molecular flexibility index (Phi) is 4.05. The molecule has 7 nitrogen and oxygen atoms in total. The normalized spacial score (nSPS) is 17.6. The highest BCUT2D eigenvalue weighted by atomic mass is 16.2. The highest BCUT2D eigenvalue weighted by Gasteiger charge is 2.30. The van der Waals surface area contributed by atoms with E-state index in [1.807, 2.05) is 42.4 Å². The average Bonchev–Trinajstić information content (AvgIpc) is 3.33. The number of carbonyl (C=O) groups is 1. The monoisotopic (exact) mass is 336 g/mol. The fraction of sp³-hybridized carbons (Fsp3) is 0.333. The molecule has 1 atom stereocenters. The first kappa shape index (κ1) is 15.6. The van der Waals surface area contributed by atoms with Crippen LogP contribution in [0.1, 0.15) is 46.9 Å². The fourth-order valence-electron chi connectivity index (χ4n) is 3.39. The lowest BCUT2D eigenvalue weighted by Gasteiger charge is -2.35. The largest absolute Gasteiger partial charge is 0.330 e. The van der Waals surface area contributed by atoms with E-state index >= 15 is 0 Å². The molecule has 25 heavy (non-hydrogen) atoms. The van der Waals surface area contributed by atoms with Crippen molar-refractivity contribution in [3.05, 3.63) is 59.8 Å². The minimum Gasteiger partial charge on any atom is -0.330 e. The quantitative estimate of drug-likeness (QED) is 0.797. The lowest BCUT2D eigenvalue weighted by atomic mass is 9.96. The van der Waals surface area contributed by atoms with Crippen molar-refractivity contribution in [3.63, 3.8) is 0 Å². The molecule has 1 unspecified atom stereocenters. The van der Waals surface area contributed by atoms with Gasteiger partial charge in [-0.2, -0.15) is 10.2 Å². The zero-order valence-corrected chi connectivity index (χ0v) is 14.1. The van der Waals surface area contributed by atoms with Gasteiger partial charge in [-0.3, -0.25) is 9.89 Å². The van der Waals surface area contributed by atoms with Gasteiger partial charge in [0.2, 0.25) is 0 Å². The number of piperidine rings is 1. The standard InChI is InChI=1S/C18H20N6O/c1-13-11-20-22-17(13)15-5-2-3-9-23(15)18(25)14-6-7-16(19-12-14)24-10-4-8-21-24/h4,6-8,10-12,15H,2-3,5,9H2,1H3,(H,20,22). The molecule has 1 amide bonds. The predicted octanol–water partition coefficient (Wildman–Crippen LogP) is 2.67. The van der Waals surface area contributed by atoms with Crippen molar-refractivity contribution < 1.29 is 4.79 Å². The third-order valence-electron chi connectivity index (χ3n) is 4.70. The van der Waals surface area contributed by atoms with Crippen molar-refractivity contribution in [3.8, 4) is 5.82 Å². The number of aromatic amines is 1. The van der Waals surface area contributed by atoms with Gasteiger partial charge >= 0.3 is 0 Å². The maximum absolute atomic E-state index is 13.0. The summed E-state index contributed by atoms with van der Waals surface area (Å²) in [4.78, 5) is 19.4. The predicted molar refractivity (Wildman–Crippen MR) is 92.3 cm³/mol. The summed E-state index contributed by atoms with van der Waals surface area (Å²) in [5.41, 5.74) is 2.73. The summed E-state index contributed by atoms with van der Waals surface area (Å²) >= 11 is 0. The van der Waals surface area contributed by atoms with Crippen molar-refractivity contribution in [2.45, 2.75) is 32.2 Å². The molecule has 4 heterocycles. The Morgan fingerprint density at radius 2 is 2.20 bits per heavy atom. The number of carbonyl (C=O) groups excluding carboxylic acids is 1. The molecular weight excluding hydrogens is 316 g/mol. The SMILES string of the molecule is Cc1cn[nH]c1C1CCCCN1C(=O)c1ccc(-n2cccn2)nc1. The van der Waals surface area contributed by atoms with Gasteiger partial charge in [0.15, 0.2) is 5.82 Å². The first-order valence-electron chi connectivity index (χ1n) is 8.51. The molecule has 1 N–H and O–H groups in total. The molecule has 0 aliphatic carbocycles. The first-order chi connectivity index (χ1) is 12.2. The third kappa shape index (κ3) is 2.93. The number of nitrogens with one attached hydrogen (secondary N) is 1. The summed E-state index contributed by atoms with van der Waals surface area (Å²) < 4.78 is 1.67. The Balaban J connectivity index is 1.59. The second-order valence-electron chi connectivity index (χ2n) is 6.33. The number of aromatic nitrogens is 5. The van der Waals surface area contributed by atoms with Crippen molar-refractivity contribution in [2.24, 2.45) is 0 Å². The number of likely N-dealkylation sites (tertiary alicyclic amines) is 1. The van der Waals surface area contributed by atoms with Crippen LogP contribution in [-0.2, 0) is 0 Å². The summed E-state index contributed by atoms with van der Waals surface area (Å²) in [6.07, 6.45) is 10.1. The van der Waals surface area contributed by atoms with Crippen molar-refractivity contribution in [2.75, 3.05) is 6.54 Å². The number of hydrogen-bond donors (Lipinski definition) is 1. The number of rotatable bonds is 3. The van der Waals surface area contributed by atoms with Gasteiger partial charge in [-0.1, -0.05) is 0 Å². The van der Waals surface area contributed by atoms with E-state index in [9.17, 15) is 4.79 Å².